The average molecular weight is 311 g/mol. The zero-order valence-electron chi connectivity index (χ0n) is 13.5. The number of aromatic nitrogens is 2. The van der Waals surface area contributed by atoms with Crippen molar-refractivity contribution in [2.45, 2.75) is 6.92 Å². The molecular formula is C21H17N3. The van der Waals surface area contributed by atoms with E-state index >= 15 is 0 Å². The fourth-order valence-corrected chi connectivity index (χ4v) is 2.40. The fraction of sp³-hybridized carbons (Fsp3) is 0.0476. The fourth-order valence-electron chi connectivity index (χ4n) is 2.40. The Morgan fingerprint density at radius 1 is 1.17 bits per heavy atom. The molecule has 3 heteroatoms. The zero-order chi connectivity index (χ0) is 16.9. The molecule has 0 fully saturated rings. The van der Waals surface area contributed by atoms with Crippen LogP contribution in [0.2, 0.25) is 0 Å². The van der Waals surface area contributed by atoms with Gasteiger partial charge in [-0.1, -0.05) is 54.6 Å². The molecule has 0 saturated heterocycles. The van der Waals surface area contributed by atoms with Crippen LogP contribution in [0.4, 0.5) is 0 Å². The lowest BCUT2D eigenvalue weighted by atomic mass is 10.1. The second-order valence-electron chi connectivity index (χ2n) is 5.57. The summed E-state index contributed by atoms with van der Waals surface area (Å²) in [6.45, 7) is 5.92. The van der Waals surface area contributed by atoms with Crippen LogP contribution in [0.5, 0.6) is 0 Å². The predicted octanol–water partition coefficient (Wildman–Crippen LogP) is 4.95. The van der Waals surface area contributed by atoms with Crippen LogP contribution in [0.25, 0.3) is 23.5 Å². The molecule has 24 heavy (non-hydrogen) atoms. The van der Waals surface area contributed by atoms with Gasteiger partial charge in [0.2, 0.25) is 0 Å². The Morgan fingerprint density at radius 2 is 1.96 bits per heavy atom. The SMILES string of the molecule is C=C(C)c1ccnc(-n2cc(C#N)c(/C=C/c3ccccc3)c2)c1. The second kappa shape index (κ2) is 6.80. The van der Waals surface area contributed by atoms with Gasteiger partial charge in [0, 0.05) is 24.2 Å². The van der Waals surface area contributed by atoms with Gasteiger partial charge in [-0.3, -0.25) is 0 Å². The van der Waals surface area contributed by atoms with E-state index in [4.69, 9.17) is 0 Å². The van der Waals surface area contributed by atoms with E-state index in [1.807, 2.05) is 72.3 Å². The summed E-state index contributed by atoms with van der Waals surface area (Å²) in [5.41, 5.74) is 4.59. The van der Waals surface area contributed by atoms with Crippen LogP contribution >= 0.6 is 0 Å². The largest absolute Gasteiger partial charge is 0.307 e. The molecule has 2 heterocycles. The summed E-state index contributed by atoms with van der Waals surface area (Å²) >= 11 is 0. The van der Waals surface area contributed by atoms with Crippen LogP contribution < -0.4 is 0 Å². The van der Waals surface area contributed by atoms with Gasteiger partial charge >= 0.3 is 0 Å². The third kappa shape index (κ3) is 3.34. The number of hydrogen-bond donors (Lipinski definition) is 0. The molecule has 0 bridgehead atoms. The summed E-state index contributed by atoms with van der Waals surface area (Å²) in [5, 5.41) is 9.39. The maximum absolute atomic E-state index is 9.39. The summed E-state index contributed by atoms with van der Waals surface area (Å²) in [6.07, 6.45) is 9.42. The number of nitriles is 1. The number of allylic oxidation sites excluding steroid dienone is 1. The summed E-state index contributed by atoms with van der Waals surface area (Å²) in [4.78, 5) is 4.39. The van der Waals surface area contributed by atoms with Crippen LogP contribution in [0.3, 0.4) is 0 Å². The Balaban J connectivity index is 1.96. The number of pyridine rings is 1. The molecule has 0 spiro atoms. The number of hydrogen-bond acceptors (Lipinski definition) is 2. The normalized spacial score (nSPS) is 10.7. The van der Waals surface area contributed by atoms with Crippen molar-refractivity contribution in [3.63, 3.8) is 0 Å². The molecule has 0 atom stereocenters. The highest BCUT2D eigenvalue weighted by atomic mass is 15.0. The summed E-state index contributed by atoms with van der Waals surface area (Å²) < 4.78 is 1.87. The van der Waals surface area contributed by atoms with Gasteiger partial charge in [-0.25, -0.2) is 4.98 Å². The molecule has 3 nitrogen and oxygen atoms in total. The highest BCUT2D eigenvalue weighted by Crippen LogP contribution is 2.19. The van der Waals surface area contributed by atoms with Gasteiger partial charge in [0.25, 0.3) is 0 Å². The van der Waals surface area contributed by atoms with E-state index in [1.54, 1.807) is 12.4 Å². The molecule has 0 aliphatic carbocycles. The van der Waals surface area contributed by atoms with E-state index in [9.17, 15) is 5.26 Å². The van der Waals surface area contributed by atoms with Crippen LogP contribution in [0.1, 0.15) is 29.2 Å². The van der Waals surface area contributed by atoms with Crippen molar-refractivity contribution in [1.82, 2.24) is 9.55 Å². The smallest absolute Gasteiger partial charge is 0.137 e. The van der Waals surface area contributed by atoms with Crippen molar-refractivity contribution in [3.05, 3.63) is 89.9 Å². The minimum absolute atomic E-state index is 0.615. The molecule has 3 rings (SSSR count). The molecule has 116 valence electrons. The van der Waals surface area contributed by atoms with Crippen LogP contribution in [0.15, 0.2) is 67.6 Å². The van der Waals surface area contributed by atoms with Gasteiger partial charge in [0.05, 0.1) is 5.56 Å². The molecular weight excluding hydrogens is 294 g/mol. The third-order valence-electron chi connectivity index (χ3n) is 3.74. The highest BCUT2D eigenvalue weighted by Gasteiger charge is 2.07. The van der Waals surface area contributed by atoms with Gasteiger partial charge in [-0.2, -0.15) is 5.26 Å². The average Bonchev–Trinajstić information content (AvgIpc) is 3.04. The third-order valence-corrected chi connectivity index (χ3v) is 3.74. The van der Waals surface area contributed by atoms with Crippen molar-refractivity contribution < 1.29 is 0 Å². The first-order valence-corrected chi connectivity index (χ1v) is 7.65. The highest BCUT2D eigenvalue weighted by molar-refractivity contribution is 5.72. The van der Waals surface area contributed by atoms with Crippen molar-refractivity contribution in [1.29, 1.82) is 5.26 Å². The van der Waals surface area contributed by atoms with E-state index in [0.717, 1.165) is 28.1 Å². The molecule has 1 aromatic carbocycles. The lowest BCUT2D eigenvalue weighted by Gasteiger charge is -2.04. The first-order chi connectivity index (χ1) is 11.7. The molecule has 0 aliphatic heterocycles. The predicted molar refractivity (Wildman–Crippen MR) is 98.4 cm³/mol. The summed E-state index contributed by atoms with van der Waals surface area (Å²) in [7, 11) is 0. The van der Waals surface area contributed by atoms with Gasteiger partial charge in [0.15, 0.2) is 0 Å². The number of benzene rings is 1. The van der Waals surface area contributed by atoms with Crippen molar-refractivity contribution in [2.24, 2.45) is 0 Å². The van der Waals surface area contributed by atoms with E-state index in [-0.39, 0.29) is 0 Å². The quantitative estimate of drug-likeness (QED) is 0.684. The molecule has 0 aliphatic rings. The van der Waals surface area contributed by atoms with Crippen LogP contribution in [0, 0.1) is 11.3 Å². The van der Waals surface area contributed by atoms with Gasteiger partial charge in [0.1, 0.15) is 11.9 Å². The Labute approximate surface area is 141 Å². The maximum Gasteiger partial charge on any atom is 0.137 e. The van der Waals surface area contributed by atoms with Gasteiger partial charge in [-0.05, 0) is 30.2 Å². The standard InChI is InChI=1S/C21H17N3/c1-16(2)18-10-11-23-21(12-18)24-14-19(20(13-22)15-24)9-8-17-6-4-3-5-7-17/h3-12,14-15H,1H2,2H3/b9-8+. The lowest BCUT2D eigenvalue weighted by Crippen LogP contribution is -1.94. The zero-order valence-corrected chi connectivity index (χ0v) is 13.5. The minimum atomic E-state index is 0.615. The molecule has 0 unspecified atom stereocenters. The molecule has 3 aromatic rings. The van der Waals surface area contributed by atoms with E-state index in [2.05, 4.69) is 17.6 Å². The molecule has 0 amide bonds. The first kappa shape index (κ1) is 15.5. The van der Waals surface area contributed by atoms with Crippen molar-refractivity contribution >= 4 is 17.7 Å². The maximum atomic E-state index is 9.39. The van der Waals surface area contributed by atoms with Crippen LogP contribution in [-0.4, -0.2) is 9.55 Å². The van der Waals surface area contributed by atoms with E-state index < -0.39 is 0 Å². The Bertz CT molecular complexity index is 941. The molecule has 0 saturated carbocycles. The van der Waals surface area contributed by atoms with E-state index in [0.29, 0.717) is 5.56 Å². The van der Waals surface area contributed by atoms with Crippen molar-refractivity contribution in [3.8, 4) is 11.9 Å². The van der Waals surface area contributed by atoms with E-state index in [1.165, 1.54) is 0 Å². The second-order valence-corrected chi connectivity index (χ2v) is 5.57. The van der Waals surface area contributed by atoms with Crippen molar-refractivity contribution in [2.75, 3.05) is 0 Å². The Kier molecular flexibility index (Phi) is 4.40. The van der Waals surface area contributed by atoms with Gasteiger partial charge < -0.3 is 4.57 Å². The molecule has 2 aromatic heterocycles. The lowest BCUT2D eigenvalue weighted by molar-refractivity contribution is 1.00. The summed E-state index contributed by atoms with van der Waals surface area (Å²) in [5.74, 6) is 0.770. The topological polar surface area (TPSA) is 41.6 Å². The minimum Gasteiger partial charge on any atom is -0.307 e. The van der Waals surface area contributed by atoms with Crippen LogP contribution in [-0.2, 0) is 0 Å². The Hall–Kier alpha value is -3.38. The van der Waals surface area contributed by atoms with Gasteiger partial charge in [-0.15, -0.1) is 0 Å². The molecule has 0 N–H and O–H groups in total. The monoisotopic (exact) mass is 311 g/mol. The summed E-state index contributed by atoms with van der Waals surface area (Å²) in [6, 6.07) is 16.1. The number of rotatable bonds is 4. The first-order valence-electron chi connectivity index (χ1n) is 7.65. The number of nitrogens with zero attached hydrogens (tertiary/aromatic N) is 3. The molecule has 0 radical (unpaired) electrons. The Morgan fingerprint density at radius 3 is 2.67 bits per heavy atom.